The van der Waals surface area contributed by atoms with Gasteiger partial charge in [-0.3, -0.25) is 0 Å². The van der Waals surface area contributed by atoms with Gasteiger partial charge in [0.1, 0.15) is 0 Å². The molecule has 0 fully saturated rings. The Morgan fingerprint density at radius 3 is 1.06 bits per heavy atom. The minimum atomic E-state index is 0.588. The second kappa shape index (κ2) is 32.5. The summed E-state index contributed by atoms with van der Waals surface area (Å²) < 4.78 is 1.18. The topological polar surface area (TPSA) is 0 Å². The third-order valence-electron chi connectivity index (χ3n) is 3.33. The van der Waals surface area contributed by atoms with E-state index in [4.69, 9.17) is 0 Å². The second-order valence-electron chi connectivity index (χ2n) is 5.61. The van der Waals surface area contributed by atoms with Crippen molar-refractivity contribution in [3.8, 4) is 0 Å². The quantitative estimate of drug-likeness (QED) is 0.0415. The third kappa shape index (κ3) is 26.8. The molecular formula is C17H38S15. The van der Waals surface area contributed by atoms with E-state index in [0.29, 0.717) is 19.7 Å². The zero-order valence-corrected chi connectivity index (χ0v) is 30.8. The molecule has 0 saturated carbocycles. The molecule has 196 valence electrons. The lowest BCUT2D eigenvalue weighted by molar-refractivity contribution is 1.03. The normalized spacial score (nSPS) is 13.3. The Kier molecular flexibility index (Phi) is 40.0. The Bertz CT molecular complexity index is 310. The fraction of sp³-hybridized carbons (Fsp3) is 1.00. The molecule has 0 spiro atoms. The molecule has 0 nitrogen and oxygen atoms in total. The largest absolute Gasteiger partial charge is 0.179 e. The minimum Gasteiger partial charge on any atom is -0.179 e. The highest BCUT2D eigenvalue weighted by Crippen LogP contribution is 2.37. The first-order chi connectivity index (χ1) is 15.6. The number of thioether (sulfide) groups is 7. The maximum atomic E-state index is 4.40. The van der Waals surface area contributed by atoms with Crippen molar-refractivity contribution < 1.29 is 0 Å². The Labute approximate surface area is 272 Å². The third-order valence-corrected chi connectivity index (χ3v) is 16.2. The monoisotopic (exact) mass is 722 g/mol. The summed E-state index contributed by atoms with van der Waals surface area (Å²) in [5.74, 6) is 8.45. The van der Waals surface area contributed by atoms with E-state index in [0.717, 1.165) is 61.3 Å². The lowest BCUT2D eigenvalue weighted by atomic mass is 10.5. The molecule has 0 bridgehead atoms. The van der Waals surface area contributed by atoms with Crippen molar-refractivity contribution in [1.29, 1.82) is 0 Å². The van der Waals surface area contributed by atoms with Crippen LogP contribution in [0.4, 0.5) is 0 Å². The standard InChI is InChI=1S/C10H22S7.C7H16S8/c11-1-3-16-9(5-13)7-15-8-10(6-14)17-4-2-12;8-2-12-6(13-3-9)1-7(14-4-10)15-5-11/h9-14H,1-8H2;6-11H,1-5H2. The van der Waals surface area contributed by atoms with Gasteiger partial charge in [0.25, 0.3) is 0 Å². The lowest BCUT2D eigenvalue weighted by Gasteiger charge is -2.20. The van der Waals surface area contributed by atoms with Gasteiger partial charge >= 0.3 is 0 Å². The molecule has 32 heavy (non-hydrogen) atoms. The van der Waals surface area contributed by atoms with Gasteiger partial charge in [0.2, 0.25) is 0 Å². The van der Waals surface area contributed by atoms with E-state index in [2.05, 4.69) is 101 Å². The van der Waals surface area contributed by atoms with Gasteiger partial charge in [0, 0.05) is 65.4 Å². The van der Waals surface area contributed by atoms with E-state index in [1.165, 1.54) is 11.5 Å². The number of thiol groups is 8. The van der Waals surface area contributed by atoms with Crippen molar-refractivity contribution in [3.63, 3.8) is 0 Å². The van der Waals surface area contributed by atoms with Crippen LogP contribution >= 0.6 is 183 Å². The first kappa shape index (κ1) is 39.4. The van der Waals surface area contributed by atoms with Crippen LogP contribution in [0.1, 0.15) is 6.42 Å². The summed E-state index contributed by atoms with van der Waals surface area (Å²) in [4.78, 5) is 0. The molecule has 2 unspecified atom stereocenters. The van der Waals surface area contributed by atoms with E-state index >= 15 is 0 Å². The van der Waals surface area contributed by atoms with E-state index < -0.39 is 0 Å². The Morgan fingerprint density at radius 1 is 0.469 bits per heavy atom. The van der Waals surface area contributed by atoms with Crippen LogP contribution in [0.3, 0.4) is 0 Å². The number of hydrogen-bond acceptors (Lipinski definition) is 15. The molecule has 0 aliphatic rings. The summed E-state index contributed by atoms with van der Waals surface area (Å²) in [5.41, 5.74) is 0. The van der Waals surface area contributed by atoms with Crippen molar-refractivity contribution in [2.75, 3.05) is 66.4 Å². The Hall–Kier alpha value is 5.25. The van der Waals surface area contributed by atoms with Crippen LogP contribution in [0, 0.1) is 0 Å². The van der Waals surface area contributed by atoms with Crippen LogP contribution in [0.2, 0.25) is 0 Å². The predicted octanol–water partition coefficient (Wildman–Crippen LogP) is 8.15. The van der Waals surface area contributed by atoms with Crippen LogP contribution in [-0.2, 0) is 0 Å². The SMILES string of the molecule is SCCSC(CS)CSCC(CS)SCCS.SCSC(CC(SCS)SCS)SCS. The first-order valence-electron chi connectivity index (χ1n) is 9.70. The zero-order chi connectivity index (χ0) is 24.5. The summed E-state index contributed by atoms with van der Waals surface area (Å²) in [6.45, 7) is 0. The fourth-order valence-electron chi connectivity index (χ4n) is 1.93. The van der Waals surface area contributed by atoms with Crippen LogP contribution < -0.4 is 0 Å². The first-order valence-corrected chi connectivity index (χ1v) is 22.2. The van der Waals surface area contributed by atoms with E-state index in [1.807, 2.05) is 82.3 Å². The molecule has 0 heterocycles. The van der Waals surface area contributed by atoms with E-state index in [9.17, 15) is 0 Å². The summed E-state index contributed by atoms with van der Waals surface area (Å²) in [5, 5.41) is 4.80. The average Bonchev–Trinajstić information content (AvgIpc) is 2.79. The van der Waals surface area contributed by atoms with E-state index in [-0.39, 0.29) is 0 Å². The molecule has 0 saturated heterocycles. The molecule has 0 radical (unpaired) electrons. The molecule has 0 aliphatic heterocycles. The van der Waals surface area contributed by atoms with Gasteiger partial charge in [-0.1, -0.05) is 0 Å². The molecule has 15 heteroatoms. The molecular weight excluding hydrogens is 685 g/mol. The van der Waals surface area contributed by atoms with Crippen LogP contribution in [0.25, 0.3) is 0 Å². The summed E-state index contributed by atoms with van der Waals surface area (Å²) in [6.07, 6.45) is 1.16. The van der Waals surface area contributed by atoms with Gasteiger partial charge in [0.15, 0.2) is 0 Å². The molecule has 0 aromatic heterocycles. The number of rotatable bonds is 22. The maximum absolute atomic E-state index is 4.40. The molecule has 0 aliphatic carbocycles. The van der Waals surface area contributed by atoms with Crippen LogP contribution in [0.15, 0.2) is 0 Å². The van der Waals surface area contributed by atoms with Crippen LogP contribution in [0.5, 0.6) is 0 Å². The van der Waals surface area contributed by atoms with Crippen molar-refractivity contribution in [2.24, 2.45) is 0 Å². The predicted molar refractivity (Wildman–Crippen MR) is 203 cm³/mol. The average molecular weight is 723 g/mol. The number of hydrogen-bond donors (Lipinski definition) is 8. The highest BCUT2D eigenvalue weighted by molar-refractivity contribution is 8.24. The van der Waals surface area contributed by atoms with Crippen LogP contribution in [-0.4, -0.2) is 86.0 Å². The lowest BCUT2D eigenvalue weighted by Crippen LogP contribution is -2.14. The van der Waals surface area contributed by atoms with Gasteiger partial charge in [-0.25, -0.2) is 0 Å². The molecule has 0 N–H and O–H groups in total. The van der Waals surface area contributed by atoms with Gasteiger partial charge in [-0.15, -0.1) is 47.0 Å². The Morgan fingerprint density at radius 2 is 0.812 bits per heavy atom. The highest BCUT2D eigenvalue weighted by atomic mass is 32.2. The zero-order valence-electron chi connectivity index (χ0n) is 17.9. The van der Waals surface area contributed by atoms with Gasteiger partial charge < -0.3 is 0 Å². The summed E-state index contributed by atoms with van der Waals surface area (Å²) in [7, 11) is 0. The van der Waals surface area contributed by atoms with E-state index in [1.54, 1.807) is 0 Å². The minimum absolute atomic E-state index is 0.588. The summed E-state index contributed by atoms with van der Waals surface area (Å²) >= 11 is 47.9. The van der Waals surface area contributed by atoms with Gasteiger partial charge in [-0.2, -0.15) is 136 Å². The van der Waals surface area contributed by atoms with Crippen molar-refractivity contribution >= 4 is 183 Å². The smallest absolute Gasteiger partial charge is 0.0537 e. The molecule has 0 rings (SSSR count). The van der Waals surface area contributed by atoms with Crippen molar-refractivity contribution in [2.45, 2.75) is 26.1 Å². The fourth-order valence-corrected chi connectivity index (χ4v) is 14.6. The molecule has 2 atom stereocenters. The second-order valence-corrected chi connectivity index (χ2v) is 19.5. The Balaban J connectivity index is 0. The highest BCUT2D eigenvalue weighted by Gasteiger charge is 2.17. The van der Waals surface area contributed by atoms with Gasteiger partial charge in [-0.05, 0) is 17.9 Å². The summed E-state index contributed by atoms with van der Waals surface area (Å²) in [6, 6.07) is 0. The van der Waals surface area contributed by atoms with Crippen molar-refractivity contribution in [1.82, 2.24) is 0 Å². The molecule has 0 aromatic rings. The van der Waals surface area contributed by atoms with Gasteiger partial charge in [0.05, 0.1) is 9.16 Å². The maximum Gasteiger partial charge on any atom is 0.0537 e. The van der Waals surface area contributed by atoms with Crippen molar-refractivity contribution in [3.05, 3.63) is 0 Å². The molecule has 0 amide bonds. The molecule has 0 aromatic carbocycles.